The molecular weight excluding hydrogens is 420 g/mol. The Morgan fingerprint density at radius 3 is 2.50 bits per heavy atom. The molecule has 0 aliphatic heterocycles. The Bertz CT molecular complexity index is 1150. The molecule has 9 heteroatoms. The first-order chi connectivity index (χ1) is 14.5. The van der Waals surface area contributed by atoms with E-state index in [1.165, 1.54) is 11.8 Å². The standard InChI is InChI=1S/C21H19ClN6OS/c1-13-19(14(2)25-24-13)23-18(29)12-30-21-27-26-20(15-8-10-16(22)11-9-15)28(21)17-6-4-3-5-7-17/h3-11H,12H2,1-2H3,(H,23,29)(H,24,25). The second-order valence-electron chi connectivity index (χ2n) is 6.63. The van der Waals surface area contributed by atoms with Crippen molar-refractivity contribution in [2.24, 2.45) is 0 Å². The number of hydrogen-bond acceptors (Lipinski definition) is 5. The van der Waals surface area contributed by atoms with Gasteiger partial charge in [-0.15, -0.1) is 10.2 Å². The minimum atomic E-state index is -0.136. The van der Waals surface area contributed by atoms with E-state index in [1.807, 2.05) is 73.0 Å². The van der Waals surface area contributed by atoms with E-state index in [9.17, 15) is 4.79 Å². The van der Waals surface area contributed by atoms with E-state index < -0.39 is 0 Å². The molecule has 7 nitrogen and oxygen atoms in total. The third kappa shape index (κ3) is 4.24. The normalized spacial score (nSPS) is 10.9. The monoisotopic (exact) mass is 438 g/mol. The van der Waals surface area contributed by atoms with Crippen LogP contribution in [-0.2, 0) is 4.79 Å². The molecule has 0 fully saturated rings. The summed E-state index contributed by atoms with van der Waals surface area (Å²) >= 11 is 7.35. The molecule has 1 amide bonds. The van der Waals surface area contributed by atoms with Gasteiger partial charge in [0.1, 0.15) is 0 Å². The van der Waals surface area contributed by atoms with Crippen LogP contribution in [0.2, 0.25) is 5.02 Å². The largest absolute Gasteiger partial charge is 0.322 e. The third-order valence-electron chi connectivity index (χ3n) is 4.48. The van der Waals surface area contributed by atoms with Crippen molar-refractivity contribution < 1.29 is 4.79 Å². The van der Waals surface area contributed by atoms with Crippen molar-refractivity contribution in [2.45, 2.75) is 19.0 Å². The second kappa shape index (κ2) is 8.73. The number of carbonyl (C=O) groups excluding carboxylic acids is 1. The van der Waals surface area contributed by atoms with Crippen molar-refractivity contribution >= 4 is 35.0 Å². The van der Waals surface area contributed by atoms with Crippen molar-refractivity contribution in [2.75, 3.05) is 11.1 Å². The van der Waals surface area contributed by atoms with E-state index in [4.69, 9.17) is 11.6 Å². The molecular formula is C21H19ClN6OS. The third-order valence-corrected chi connectivity index (χ3v) is 5.66. The number of thioether (sulfide) groups is 1. The number of H-pyrrole nitrogens is 1. The zero-order valence-electron chi connectivity index (χ0n) is 16.4. The molecule has 0 atom stereocenters. The Morgan fingerprint density at radius 1 is 1.10 bits per heavy atom. The summed E-state index contributed by atoms with van der Waals surface area (Å²) in [6.07, 6.45) is 0. The van der Waals surface area contributed by atoms with Crippen LogP contribution in [0.15, 0.2) is 59.8 Å². The number of nitrogens with zero attached hydrogens (tertiary/aromatic N) is 4. The van der Waals surface area contributed by atoms with E-state index in [-0.39, 0.29) is 11.7 Å². The van der Waals surface area contributed by atoms with Gasteiger partial charge in [-0.25, -0.2) is 0 Å². The van der Waals surface area contributed by atoms with Crippen molar-refractivity contribution in [3.8, 4) is 17.1 Å². The first-order valence-electron chi connectivity index (χ1n) is 9.24. The first-order valence-corrected chi connectivity index (χ1v) is 10.6. The van der Waals surface area contributed by atoms with Gasteiger partial charge in [0.2, 0.25) is 5.91 Å². The summed E-state index contributed by atoms with van der Waals surface area (Å²) in [7, 11) is 0. The molecule has 0 spiro atoms. The van der Waals surface area contributed by atoms with Gasteiger partial charge in [-0.1, -0.05) is 41.6 Å². The highest BCUT2D eigenvalue weighted by Crippen LogP contribution is 2.29. The Kier molecular flexibility index (Phi) is 5.87. The SMILES string of the molecule is Cc1n[nH]c(C)c1NC(=O)CSc1nnc(-c2ccc(Cl)cc2)n1-c1ccccc1. The summed E-state index contributed by atoms with van der Waals surface area (Å²) in [6.45, 7) is 3.71. The van der Waals surface area contributed by atoms with Crippen LogP contribution in [0, 0.1) is 13.8 Å². The van der Waals surface area contributed by atoms with Gasteiger partial charge in [0.15, 0.2) is 11.0 Å². The van der Waals surface area contributed by atoms with Crippen LogP contribution in [0.3, 0.4) is 0 Å². The molecule has 2 N–H and O–H groups in total. The number of anilines is 1. The molecule has 0 saturated heterocycles. The van der Waals surface area contributed by atoms with Crippen LogP contribution in [0.5, 0.6) is 0 Å². The maximum atomic E-state index is 12.5. The van der Waals surface area contributed by atoms with Crippen molar-refractivity contribution in [1.29, 1.82) is 0 Å². The van der Waals surface area contributed by atoms with Crippen LogP contribution in [0.25, 0.3) is 17.1 Å². The first kappa shape index (κ1) is 20.2. The summed E-state index contributed by atoms with van der Waals surface area (Å²) in [5.74, 6) is 0.737. The van der Waals surface area contributed by atoms with Gasteiger partial charge < -0.3 is 5.32 Å². The fourth-order valence-electron chi connectivity index (χ4n) is 3.00. The van der Waals surface area contributed by atoms with Gasteiger partial charge in [0, 0.05) is 16.3 Å². The molecule has 4 aromatic rings. The molecule has 0 saturated carbocycles. The van der Waals surface area contributed by atoms with Crippen molar-refractivity contribution in [3.63, 3.8) is 0 Å². The van der Waals surface area contributed by atoms with Crippen LogP contribution in [0.1, 0.15) is 11.4 Å². The lowest BCUT2D eigenvalue weighted by molar-refractivity contribution is -0.113. The molecule has 0 bridgehead atoms. The van der Waals surface area contributed by atoms with Crippen LogP contribution in [0.4, 0.5) is 5.69 Å². The number of rotatable bonds is 6. The van der Waals surface area contributed by atoms with E-state index in [0.29, 0.717) is 21.7 Å². The highest BCUT2D eigenvalue weighted by molar-refractivity contribution is 7.99. The molecule has 0 aliphatic rings. The highest BCUT2D eigenvalue weighted by atomic mass is 35.5. The van der Waals surface area contributed by atoms with Gasteiger partial charge in [0.05, 0.1) is 22.8 Å². The molecule has 2 heterocycles. The fourth-order valence-corrected chi connectivity index (χ4v) is 3.88. The number of para-hydroxylation sites is 1. The van der Waals surface area contributed by atoms with Gasteiger partial charge in [-0.2, -0.15) is 5.10 Å². The van der Waals surface area contributed by atoms with Crippen LogP contribution < -0.4 is 5.32 Å². The second-order valence-corrected chi connectivity index (χ2v) is 8.01. The van der Waals surface area contributed by atoms with Crippen molar-refractivity contribution in [3.05, 3.63) is 71.0 Å². The van der Waals surface area contributed by atoms with Crippen LogP contribution in [-0.4, -0.2) is 36.6 Å². The number of nitrogens with one attached hydrogen (secondary N) is 2. The van der Waals surface area contributed by atoms with Gasteiger partial charge in [-0.3, -0.25) is 14.5 Å². The lowest BCUT2D eigenvalue weighted by Gasteiger charge is -2.10. The minimum absolute atomic E-state index is 0.136. The number of halogens is 1. The predicted molar refractivity (Wildman–Crippen MR) is 119 cm³/mol. The van der Waals surface area contributed by atoms with Gasteiger partial charge >= 0.3 is 0 Å². The molecule has 152 valence electrons. The Balaban J connectivity index is 1.60. The zero-order chi connectivity index (χ0) is 21.1. The molecule has 30 heavy (non-hydrogen) atoms. The quantitative estimate of drug-likeness (QED) is 0.427. The Morgan fingerprint density at radius 2 is 1.83 bits per heavy atom. The average molecular weight is 439 g/mol. The lowest BCUT2D eigenvalue weighted by Crippen LogP contribution is -2.15. The lowest BCUT2D eigenvalue weighted by atomic mass is 10.2. The zero-order valence-corrected chi connectivity index (χ0v) is 18.0. The molecule has 4 rings (SSSR count). The minimum Gasteiger partial charge on any atom is -0.322 e. The van der Waals surface area contributed by atoms with E-state index >= 15 is 0 Å². The molecule has 0 unspecified atom stereocenters. The number of amides is 1. The van der Waals surface area contributed by atoms with E-state index in [1.54, 1.807) is 0 Å². The summed E-state index contributed by atoms with van der Waals surface area (Å²) < 4.78 is 1.94. The predicted octanol–water partition coefficient (Wildman–Crippen LogP) is 4.66. The van der Waals surface area contributed by atoms with Gasteiger partial charge in [-0.05, 0) is 50.2 Å². The number of aryl methyl sites for hydroxylation is 2. The summed E-state index contributed by atoms with van der Waals surface area (Å²) in [5, 5.41) is 19.9. The molecule has 0 aliphatic carbocycles. The number of benzene rings is 2. The number of carbonyl (C=O) groups is 1. The van der Waals surface area contributed by atoms with Gasteiger partial charge in [0.25, 0.3) is 0 Å². The van der Waals surface area contributed by atoms with Crippen LogP contribution >= 0.6 is 23.4 Å². The summed E-state index contributed by atoms with van der Waals surface area (Å²) in [4.78, 5) is 12.5. The topological polar surface area (TPSA) is 88.5 Å². The average Bonchev–Trinajstić information content (AvgIpc) is 3.32. The maximum Gasteiger partial charge on any atom is 0.234 e. The van der Waals surface area contributed by atoms with E-state index in [0.717, 1.165) is 22.6 Å². The Hall–Kier alpha value is -3.10. The fraction of sp³-hybridized carbons (Fsp3) is 0.143. The molecule has 2 aromatic carbocycles. The van der Waals surface area contributed by atoms with E-state index in [2.05, 4.69) is 25.7 Å². The van der Waals surface area contributed by atoms with Crippen molar-refractivity contribution in [1.82, 2.24) is 25.0 Å². The molecule has 2 aromatic heterocycles. The smallest absolute Gasteiger partial charge is 0.234 e. The molecule has 0 radical (unpaired) electrons. The number of aromatic nitrogens is 5. The summed E-state index contributed by atoms with van der Waals surface area (Å²) in [5.41, 5.74) is 4.09. The maximum absolute atomic E-state index is 12.5. The highest BCUT2D eigenvalue weighted by Gasteiger charge is 2.18. The number of aromatic amines is 1. The number of hydrogen-bond donors (Lipinski definition) is 2. The summed E-state index contributed by atoms with van der Waals surface area (Å²) in [6, 6.07) is 17.2. The Labute approximate surface area is 182 Å².